The minimum absolute atomic E-state index is 0.0452. The first-order valence-corrected chi connectivity index (χ1v) is 8.17. The summed E-state index contributed by atoms with van der Waals surface area (Å²) in [5.74, 6) is 0.981. The van der Waals surface area contributed by atoms with Crippen LogP contribution in [-0.2, 0) is 4.79 Å². The number of anilines is 2. The fraction of sp³-hybridized carbons (Fsp3) is 0.235. The predicted molar refractivity (Wildman–Crippen MR) is 95.8 cm³/mol. The summed E-state index contributed by atoms with van der Waals surface area (Å²) >= 11 is 12.3. The van der Waals surface area contributed by atoms with Gasteiger partial charge in [0.15, 0.2) is 11.5 Å². The monoisotopic (exact) mass is 366 g/mol. The molecule has 2 aromatic rings. The first kappa shape index (κ1) is 16.7. The van der Waals surface area contributed by atoms with E-state index in [-0.39, 0.29) is 12.5 Å². The van der Waals surface area contributed by atoms with Crippen LogP contribution in [0.2, 0.25) is 10.0 Å². The number of rotatable bonds is 4. The molecule has 1 amide bonds. The molecular formula is C17H16Cl2N2O3. The molecule has 5 nitrogen and oxygen atoms in total. The van der Waals surface area contributed by atoms with E-state index in [2.05, 4.69) is 10.6 Å². The SMILES string of the molecule is Cc1ccc(NC(=O)CNc2cc3c(cc2Cl)OCCO3)c(Cl)c1. The van der Waals surface area contributed by atoms with Crippen LogP contribution in [0.25, 0.3) is 0 Å². The summed E-state index contributed by atoms with van der Waals surface area (Å²) < 4.78 is 11.0. The van der Waals surface area contributed by atoms with Crippen molar-refractivity contribution in [2.45, 2.75) is 6.92 Å². The van der Waals surface area contributed by atoms with Crippen molar-refractivity contribution in [1.29, 1.82) is 0 Å². The number of aryl methyl sites for hydroxylation is 1. The van der Waals surface area contributed by atoms with Crippen LogP contribution in [0.5, 0.6) is 11.5 Å². The van der Waals surface area contributed by atoms with Crippen molar-refractivity contribution in [3.63, 3.8) is 0 Å². The van der Waals surface area contributed by atoms with Gasteiger partial charge in [-0.25, -0.2) is 0 Å². The second kappa shape index (κ2) is 7.20. The molecule has 2 N–H and O–H groups in total. The number of ether oxygens (including phenoxy) is 2. The van der Waals surface area contributed by atoms with Crippen LogP contribution in [0.1, 0.15) is 5.56 Å². The highest BCUT2D eigenvalue weighted by Gasteiger charge is 2.15. The molecule has 2 aromatic carbocycles. The molecule has 1 aliphatic heterocycles. The maximum atomic E-state index is 12.1. The summed E-state index contributed by atoms with van der Waals surface area (Å²) in [7, 11) is 0. The molecule has 0 radical (unpaired) electrons. The van der Waals surface area contributed by atoms with Crippen molar-refractivity contribution < 1.29 is 14.3 Å². The molecule has 0 aromatic heterocycles. The van der Waals surface area contributed by atoms with E-state index in [0.717, 1.165) is 5.56 Å². The first-order valence-electron chi connectivity index (χ1n) is 7.42. The van der Waals surface area contributed by atoms with Crippen LogP contribution in [0.3, 0.4) is 0 Å². The van der Waals surface area contributed by atoms with Gasteiger partial charge in [0.2, 0.25) is 5.91 Å². The number of fused-ring (bicyclic) bond motifs is 1. The summed E-state index contributed by atoms with van der Waals surface area (Å²) in [6.45, 7) is 2.96. The third kappa shape index (κ3) is 3.86. The number of nitrogens with one attached hydrogen (secondary N) is 2. The van der Waals surface area contributed by atoms with Gasteiger partial charge in [-0.3, -0.25) is 4.79 Å². The zero-order chi connectivity index (χ0) is 17.1. The molecule has 0 saturated carbocycles. The number of halogens is 2. The van der Waals surface area contributed by atoms with Crippen molar-refractivity contribution >= 4 is 40.5 Å². The number of amides is 1. The van der Waals surface area contributed by atoms with Crippen LogP contribution >= 0.6 is 23.2 Å². The summed E-state index contributed by atoms with van der Waals surface area (Å²) in [4.78, 5) is 12.1. The number of carbonyl (C=O) groups excluding carboxylic acids is 1. The minimum Gasteiger partial charge on any atom is -0.486 e. The molecule has 0 bridgehead atoms. The molecule has 126 valence electrons. The highest BCUT2D eigenvalue weighted by molar-refractivity contribution is 6.34. The van der Waals surface area contributed by atoms with E-state index in [9.17, 15) is 4.79 Å². The normalized spacial score (nSPS) is 12.6. The molecule has 0 unspecified atom stereocenters. The average Bonchev–Trinajstić information content (AvgIpc) is 2.55. The Bertz CT molecular complexity index is 781. The summed E-state index contributed by atoms with van der Waals surface area (Å²) in [6, 6.07) is 8.84. The molecule has 24 heavy (non-hydrogen) atoms. The number of benzene rings is 2. The molecule has 7 heteroatoms. The Morgan fingerprint density at radius 3 is 2.42 bits per heavy atom. The van der Waals surface area contributed by atoms with Crippen LogP contribution < -0.4 is 20.1 Å². The third-order valence-electron chi connectivity index (χ3n) is 3.47. The van der Waals surface area contributed by atoms with Crippen LogP contribution in [0.15, 0.2) is 30.3 Å². The van der Waals surface area contributed by atoms with Crippen molar-refractivity contribution in [3.05, 3.63) is 45.9 Å². The van der Waals surface area contributed by atoms with Gasteiger partial charge in [-0.2, -0.15) is 0 Å². The average molecular weight is 367 g/mol. The fourth-order valence-electron chi connectivity index (χ4n) is 2.29. The Hall–Kier alpha value is -2.11. The van der Waals surface area contributed by atoms with Gasteiger partial charge >= 0.3 is 0 Å². The summed E-state index contributed by atoms with van der Waals surface area (Å²) in [5.41, 5.74) is 2.20. The predicted octanol–water partition coefficient (Wildman–Crippen LogP) is 4.12. The van der Waals surface area contributed by atoms with Gasteiger partial charge < -0.3 is 20.1 Å². The first-order chi connectivity index (χ1) is 11.5. The maximum absolute atomic E-state index is 12.1. The van der Waals surface area contributed by atoms with E-state index in [0.29, 0.717) is 46.1 Å². The summed E-state index contributed by atoms with van der Waals surface area (Å²) in [5, 5.41) is 6.71. The zero-order valence-corrected chi connectivity index (χ0v) is 14.5. The molecular weight excluding hydrogens is 351 g/mol. The minimum atomic E-state index is -0.230. The van der Waals surface area contributed by atoms with Gasteiger partial charge in [0.1, 0.15) is 13.2 Å². The van der Waals surface area contributed by atoms with Crippen molar-refractivity contribution in [3.8, 4) is 11.5 Å². The molecule has 0 fully saturated rings. The van der Waals surface area contributed by atoms with Gasteiger partial charge in [-0.15, -0.1) is 0 Å². The molecule has 0 aliphatic carbocycles. The topological polar surface area (TPSA) is 59.6 Å². The van der Waals surface area contributed by atoms with Crippen LogP contribution in [0, 0.1) is 6.92 Å². The van der Waals surface area contributed by atoms with Crippen molar-refractivity contribution in [2.24, 2.45) is 0 Å². The number of carbonyl (C=O) groups is 1. The molecule has 0 saturated heterocycles. The Morgan fingerprint density at radius 1 is 1.04 bits per heavy atom. The lowest BCUT2D eigenvalue weighted by atomic mass is 10.2. The second-order valence-corrected chi connectivity index (χ2v) is 6.18. The van der Waals surface area contributed by atoms with Gasteiger partial charge in [0, 0.05) is 12.1 Å². The Labute approximate surface area is 149 Å². The van der Waals surface area contributed by atoms with Gasteiger partial charge in [-0.1, -0.05) is 29.3 Å². The number of hydrogen-bond acceptors (Lipinski definition) is 4. The standard InChI is InChI=1S/C17H16Cl2N2O3/c1-10-2-3-13(11(18)6-10)21-17(22)9-20-14-8-16-15(7-12(14)19)23-4-5-24-16/h2-3,6-8,20H,4-5,9H2,1H3,(H,21,22). The van der Waals surface area contributed by atoms with E-state index in [1.54, 1.807) is 24.3 Å². The quantitative estimate of drug-likeness (QED) is 0.854. The smallest absolute Gasteiger partial charge is 0.243 e. The van der Waals surface area contributed by atoms with Gasteiger partial charge in [0.05, 0.1) is 28.0 Å². The van der Waals surface area contributed by atoms with E-state index < -0.39 is 0 Å². The van der Waals surface area contributed by atoms with E-state index in [1.807, 2.05) is 13.0 Å². The van der Waals surface area contributed by atoms with Gasteiger partial charge in [-0.05, 0) is 24.6 Å². The molecule has 3 rings (SSSR count). The van der Waals surface area contributed by atoms with Crippen LogP contribution in [0.4, 0.5) is 11.4 Å². The Balaban J connectivity index is 1.64. The highest BCUT2D eigenvalue weighted by atomic mass is 35.5. The maximum Gasteiger partial charge on any atom is 0.243 e. The third-order valence-corrected chi connectivity index (χ3v) is 4.10. The Kier molecular flexibility index (Phi) is 5.02. The van der Waals surface area contributed by atoms with Gasteiger partial charge in [0.25, 0.3) is 0 Å². The van der Waals surface area contributed by atoms with Crippen molar-refractivity contribution in [2.75, 3.05) is 30.4 Å². The van der Waals surface area contributed by atoms with Crippen molar-refractivity contribution in [1.82, 2.24) is 0 Å². The Morgan fingerprint density at radius 2 is 1.71 bits per heavy atom. The number of hydrogen-bond donors (Lipinski definition) is 2. The second-order valence-electron chi connectivity index (χ2n) is 5.36. The van der Waals surface area contributed by atoms with E-state index >= 15 is 0 Å². The highest BCUT2D eigenvalue weighted by Crippen LogP contribution is 2.37. The zero-order valence-electron chi connectivity index (χ0n) is 13.0. The fourth-order valence-corrected chi connectivity index (χ4v) is 2.79. The lowest BCUT2D eigenvalue weighted by molar-refractivity contribution is -0.114. The summed E-state index contributed by atoms with van der Waals surface area (Å²) in [6.07, 6.45) is 0. The largest absolute Gasteiger partial charge is 0.486 e. The molecule has 1 heterocycles. The lowest BCUT2D eigenvalue weighted by Gasteiger charge is -2.20. The molecule has 0 atom stereocenters. The van der Waals surface area contributed by atoms with E-state index in [4.69, 9.17) is 32.7 Å². The van der Waals surface area contributed by atoms with Crippen LogP contribution in [-0.4, -0.2) is 25.7 Å². The molecule has 0 spiro atoms. The lowest BCUT2D eigenvalue weighted by Crippen LogP contribution is -2.22. The van der Waals surface area contributed by atoms with E-state index in [1.165, 1.54) is 0 Å². The molecule has 1 aliphatic rings.